The summed E-state index contributed by atoms with van der Waals surface area (Å²) in [5, 5.41) is 4.13. The molecule has 0 amide bonds. The summed E-state index contributed by atoms with van der Waals surface area (Å²) < 4.78 is 2.58. The van der Waals surface area contributed by atoms with Gasteiger partial charge in [0.1, 0.15) is 12.2 Å². The molecular weight excluding hydrogens is 294 g/mol. The van der Waals surface area contributed by atoms with Crippen molar-refractivity contribution in [1.82, 2.24) is 14.8 Å². The lowest BCUT2D eigenvalue weighted by Gasteiger charge is -2.09. The van der Waals surface area contributed by atoms with E-state index in [-0.39, 0.29) is 18.2 Å². The van der Waals surface area contributed by atoms with Gasteiger partial charge in [-0.1, -0.05) is 34.1 Å². The van der Waals surface area contributed by atoms with E-state index in [1.54, 1.807) is 4.68 Å². The van der Waals surface area contributed by atoms with Crippen molar-refractivity contribution in [2.24, 2.45) is 0 Å². The van der Waals surface area contributed by atoms with E-state index >= 15 is 0 Å². The molecule has 0 atom stereocenters. The number of halogens is 1. The standard InChI is InChI=1S/C13H14BrN3O/c1-9(2)17-13(15-8-16-17)7-12(18)10-5-3-4-6-11(10)14/h3-6,8-9H,7H2,1-2H3. The Hall–Kier alpha value is -1.49. The van der Waals surface area contributed by atoms with Crippen LogP contribution in [0.4, 0.5) is 0 Å². The van der Waals surface area contributed by atoms with E-state index in [9.17, 15) is 4.79 Å². The smallest absolute Gasteiger partial charge is 0.171 e. The Morgan fingerprint density at radius 2 is 2.11 bits per heavy atom. The van der Waals surface area contributed by atoms with Crippen molar-refractivity contribution < 1.29 is 4.79 Å². The molecule has 1 heterocycles. The molecule has 0 saturated heterocycles. The van der Waals surface area contributed by atoms with Crippen LogP contribution in [0.15, 0.2) is 35.1 Å². The molecule has 18 heavy (non-hydrogen) atoms. The largest absolute Gasteiger partial charge is 0.294 e. The predicted octanol–water partition coefficient (Wildman–Crippen LogP) is 3.05. The van der Waals surface area contributed by atoms with E-state index in [1.165, 1.54) is 6.33 Å². The Bertz CT molecular complexity index is 563. The maximum absolute atomic E-state index is 12.2. The summed E-state index contributed by atoms with van der Waals surface area (Å²) in [5.74, 6) is 0.739. The molecule has 0 radical (unpaired) electrons. The molecule has 0 aliphatic rings. The summed E-state index contributed by atoms with van der Waals surface area (Å²) in [6.45, 7) is 4.03. The summed E-state index contributed by atoms with van der Waals surface area (Å²) in [4.78, 5) is 16.3. The molecule has 1 aromatic heterocycles. The van der Waals surface area contributed by atoms with E-state index in [0.29, 0.717) is 11.4 Å². The van der Waals surface area contributed by atoms with Crippen LogP contribution in [0, 0.1) is 0 Å². The average Bonchev–Trinajstić information content (AvgIpc) is 2.77. The van der Waals surface area contributed by atoms with Gasteiger partial charge in [0.2, 0.25) is 0 Å². The van der Waals surface area contributed by atoms with Crippen LogP contribution >= 0.6 is 15.9 Å². The van der Waals surface area contributed by atoms with E-state index in [0.717, 1.165) is 4.47 Å². The molecule has 1 aromatic carbocycles. The fourth-order valence-electron chi connectivity index (χ4n) is 1.76. The quantitative estimate of drug-likeness (QED) is 0.816. The van der Waals surface area contributed by atoms with Crippen molar-refractivity contribution in [3.05, 3.63) is 46.5 Å². The molecule has 5 heteroatoms. The van der Waals surface area contributed by atoms with Crippen LogP contribution in [-0.4, -0.2) is 20.5 Å². The molecule has 0 fully saturated rings. The SMILES string of the molecule is CC(C)n1ncnc1CC(=O)c1ccccc1Br. The molecular formula is C13H14BrN3O. The summed E-state index contributed by atoms with van der Waals surface area (Å²) in [5.41, 5.74) is 0.677. The minimum Gasteiger partial charge on any atom is -0.294 e. The van der Waals surface area contributed by atoms with E-state index < -0.39 is 0 Å². The van der Waals surface area contributed by atoms with E-state index in [2.05, 4.69) is 26.0 Å². The first kappa shape index (κ1) is 13.0. The lowest BCUT2D eigenvalue weighted by molar-refractivity contribution is 0.0988. The van der Waals surface area contributed by atoms with Crippen molar-refractivity contribution in [2.45, 2.75) is 26.3 Å². The number of hydrogen-bond acceptors (Lipinski definition) is 3. The average molecular weight is 308 g/mol. The number of carbonyl (C=O) groups excluding carboxylic acids is 1. The van der Waals surface area contributed by atoms with Gasteiger partial charge < -0.3 is 0 Å². The Morgan fingerprint density at radius 1 is 1.39 bits per heavy atom. The van der Waals surface area contributed by atoms with Crippen LogP contribution in [0.25, 0.3) is 0 Å². The first-order valence-corrected chi connectivity index (χ1v) is 6.55. The van der Waals surface area contributed by atoms with Crippen LogP contribution in [0.1, 0.15) is 36.1 Å². The van der Waals surface area contributed by atoms with Gasteiger partial charge in [0.05, 0.1) is 6.42 Å². The molecule has 0 unspecified atom stereocenters. The number of rotatable bonds is 4. The lowest BCUT2D eigenvalue weighted by atomic mass is 10.1. The van der Waals surface area contributed by atoms with Gasteiger partial charge in [0, 0.05) is 16.1 Å². The third-order valence-corrected chi connectivity index (χ3v) is 3.32. The van der Waals surface area contributed by atoms with Crippen molar-refractivity contribution in [2.75, 3.05) is 0 Å². The second-order valence-electron chi connectivity index (χ2n) is 4.29. The van der Waals surface area contributed by atoms with Crippen LogP contribution in [0.5, 0.6) is 0 Å². The first-order chi connectivity index (χ1) is 8.59. The topological polar surface area (TPSA) is 47.8 Å². The molecule has 0 aliphatic carbocycles. The zero-order valence-electron chi connectivity index (χ0n) is 10.3. The second-order valence-corrected chi connectivity index (χ2v) is 5.15. The van der Waals surface area contributed by atoms with Gasteiger partial charge in [-0.25, -0.2) is 9.67 Å². The highest BCUT2D eigenvalue weighted by molar-refractivity contribution is 9.10. The number of nitrogens with zero attached hydrogens (tertiary/aromatic N) is 3. The van der Waals surface area contributed by atoms with Gasteiger partial charge in [0.25, 0.3) is 0 Å². The Balaban J connectivity index is 2.22. The zero-order valence-corrected chi connectivity index (χ0v) is 11.9. The van der Waals surface area contributed by atoms with Crippen molar-refractivity contribution >= 4 is 21.7 Å². The van der Waals surface area contributed by atoms with Crippen LogP contribution in [-0.2, 0) is 6.42 Å². The normalized spacial score (nSPS) is 10.9. The summed E-state index contributed by atoms with van der Waals surface area (Å²) in [6.07, 6.45) is 1.75. The predicted molar refractivity (Wildman–Crippen MR) is 72.6 cm³/mol. The minimum absolute atomic E-state index is 0.0392. The second kappa shape index (κ2) is 5.44. The maximum Gasteiger partial charge on any atom is 0.171 e. The number of ketones is 1. The van der Waals surface area contributed by atoms with Gasteiger partial charge in [-0.2, -0.15) is 5.10 Å². The maximum atomic E-state index is 12.2. The number of Topliss-reactive ketones (excluding diaryl/α,β-unsaturated/α-hetero) is 1. The highest BCUT2D eigenvalue weighted by Crippen LogP contribution is 2.18. The highest BCUT2D eigenvalue weighted by Gasteiger charge is 2.15. The number of hydrogen-bond donors (Lipinski definition) is 0. The van der Waals surface area contributed by atoms with Crippen molar-refractivity contribution in [3.63, 3.8) is 0 Å². The van der Waals surface area contributed by atoms with Gasteiger partial charge in [-0.15, -0.1) is 0 Å². The summed E-state index contributed by atoms with van der Waals surface area (Å²) in [7, 11) is 0. The van der Waals surface area contributed by atoms with E-state index in [1.807, 2.05) is 38.1 Å². The number of aromatic nitrogens is 3. The molecule has 0 saturated carbocycles. The summed E-state index contributed by atoms with van der Waals surface area (Å²) in [6, 6.07) is 7.61. The molecule has 4 nitrogen and oxygen atoms in total. The minimum atomic E-state index is 0.0392. The fourth-order valence-corrected chi connectivity index (χ4v) is 2.26. The molecule has 0 N–H and O–H groups in total. The number of benzene rings is 1. The monoisotopic (exact) mass is 307 g/mol. The molecule has 0 spiro atoms. The molecule has 94 valence electrons. The third-order valence-electron chi connectivity index (χ3n) is 2.63. The Labute approximate surface area is 114 Å². The van der Waals surface area contributed by atoms with E-state index in [4.69, 9.17) is 0 Å². The van der Waals surface area contributed by atoms with Gasteiger partial charge >= 0.3 is 0 Å². The van der Waals surface area contributed by atoms with Crippen molar-refractivity contribution in [1.29, 1.82) is 0 Å². The summed E-state index contributed by atoms with van der Waals surface area (Å²) >= 11 is 3.38. The molecule has 0 bridgehead atoms. The van der Waals surface area contributed by atoms with Crippen LogP contribution in [0.2, 0.25) is 0 Å². The Kier molecular flexibility index (Phi) is 3.91. The lowest BCUT2D eigenvalue weighted by Crippen LogP contribution is -2.13. The zero-order chi connectivity index (χ0) is 13.1. The van der Waals surface area contributed by atoms with Gasteiger partial charge in [0.15, 0.2) is 5.78 Å². The molecule has 0 aliphatic heterocycles. The highest BCUT2D eigenvalue weighted by atomic mass is 79.9. The number of carbonyl (C=O) groups is 1. The van der Waals surface area contributed by atoms with Gasteiger partial charge in [-0.3, -0.25) is 4.79 Å². The Morgan fingerprint density at radius 3 is 2.78 bits per heavy atom. The first-order valence-electron chi connectivity index (χ1n) is 5.75. The van der Waals surface area contributed by atoms with Crippen LogP contribution < -0.4 is 0 Å². The fraction of sp³-hybridized carbons (Fsp3) is 0.308. The van der Waals surface area contributed by atoms with Crippen molar-refractivity contribution in [3.8, 4) is 0 Å². The third kappa shape index (κ3) is 2.67. The van der Waals surface area contributed by atoms with Gasteiger partial charge in [-0.05, 0) is 19.9 Å². The van der Waals surface area contributed by atoms with Crippen LogP contribution in [0.3, 0.4) is 0 Å². The molecule has 2 rings (SSSR count). The molecule has 2 aromatic rings.